The van der Waals surface area contributed by atoms with Crippen LogP contribution in [0.4, 0.5) is 0 Å². The first-order valence-electron chi connectivity index (χ1n) is 5.68. The highest BCUT2D eigenvalue weighted by atomic mass is 16.1. The van der Waals surface area contributed by atoms with Gasteiger partial charge in [-0.05, 0) is 23.5 Å². The molecule has 1 aromatic rings. The van der Waals surface area contributed by atoms with Crippen LogP contribution in [0, 0.1) is 0 Å². The molecule has 0 radical (unpaired) electrons. The maximum absolute atomic E-state index is 10.7. The molecule has 0 fully saturated rings. The predicted molar refractivity (Wildman–Crippen MR) is 65.9 cm³/mol. The van der Waals surface area contributed by atoms with Crippen molar-refractivity contribution in [3.05, 3.63) is 35.4 Å². The molecule has 3 nitrogen and oxygen atoms in total. The van der Waals surface area contributed by atoms with E-state index in [4.69, 9.17) is 11.5 Å². The van der Waals surface area contributed by atoms with Crippen molar-refractivity contribution < 1.29 is 4.79 Å². The summed E-state index contributed by atoms with van der Waals surface area (Å²) in [6, 6.07) is 7.82. The van der Waals surface area contributed by atoms with Gasteiger partial charge in [0.15, 0.2) is 0 Å². The third-order valence-corrected chi connectivity index (χ3v) is 2.97. The van der Waals surface area contributed by atoms with Crippen LogP contribution in [-0.2, 0) is 4.79 Å². The number of hydrogen-bond donors (Lipinski definition) is 2. The molecule has 2 unspecified atom stereocenters. The molecule has 88 valence electrons. The number of nitrogens with two attached hydrogens (primary N) is 2. The van der Waals surface area contributed by atoms with Crippen LogP contribution in [0.1, 0.15) is 49.8 Å². The van der Waals surface area contributed by atoms with Gasteiger partial charge in [-0.3, -0.25) is 4.79 Å². The van der Waals surface area contributed by atoms with Gasteiger partial charge in [-0.1, -0.05) is 38.1 Å². The average Bonchev–Trinajstić information content (AvgIpc) is 2.27. The second-order valence-electron chi connectivity index (χ2n) is 4.25. The zero-order valence-electron chi connectivity index (χ0n) is 9.94. The Hall–Kier alpha value is -1.35. The van der Waals surface area contributed by atoms with Crippen molar-refractivity contribution in [1.82, 2.24) is 0 Å². The maximum atomic E-state index is 10.7. The van der Waals surface area contributed by atoms with Crippen LogP contribution in [0.25, 0.3) is 0 Å². The van der Waals surface area contributed by atoms with Gasteiger partial charge >= 0.3 is 0 Å². The fourth-order valence-electron chi connectivity index (χ4n) is 1.64. The minimum atomic E-state index is -0.362. The van der Waals surface area contributed by atoms with Gasteiger partial charge in [0.1, 0.15) is 0 Å². The van der Waals surface area contributed by atoms with E-state index in [1.54, 1.807) is 0 Å². The summed E-state index contributed by atoms with van der Waals surface area (Å²) in [4.78, 5) is 10.7. The van der Waals surface area contributed by atoms with E-state index in [-0.39, 0.29) is 18.4 Å². The Kier molecular flexibility index (Phi) is 4.50. The van der Waals surface area contributed by atoms with Crippen LogP contribution in [-0.4, -0.2) is 5.91 Å². The first-order chi connectivity index (χ1) is 7.54. The van der Waals surface area contributed by atoms with Gasteiger partial charge in [-0.25, -0.2) is 0 Å². The molecule has 0 aliphatic carbocycles. The molecule has 0 aliphatic heterocycles. The second kappa shape index (κ2) is 5.66. The Labute approximate surface area is 96.8 Å². The standard InChI is InChI=1S/C13H20N2O/c1-3-9(2)10-4-6-11(7-5-10)12(14)8-13(15)16/h4-7,9,12H,3,8,14H2,1-2H3,(H2,15,16). The Morgan fingerprint density at radius 3 is 2.19 bits per heavy atom. The summed E-state index contributed by atoms with van der Waals surface area (Å²) in [5.74, 6) is 0.194. The van der Waals surface area contributed by atoms with Gasteiger partial charge in [-0.2, -0.15) is 0 Å². The van der Waals surface area contributed by atoms with Gasteiger partial charge in [0.25, 0.3) is 0 Å². The number of amides is 1. The summed E-state index contributed by atoms with van der Waals surface area (Å²) in [6.07, 6.45) is 1.31. The lowest BCUT2D eigenvalue weighted by Crippen LogP contribution is -2.20. The van der Waals surface area contributed by atoms with Crippen molar-refractivity contribution in [2.45, 2.75) is 38.6 Å². The predicted octanol–water partition coefficient (Wildman–Crippen LogP) is 2.08. The summed E-state index contributed by atoms with van der Waals surface area (Å²) in [7, 11) is 0. The number of carbonyl (C=O) groups excluding carboxylic acids is 1. The number of hydrogen-bond acceptors (Lipinski definition) is 2. The normalized spacial score (nSPS) is 14.4. The lowest BCUT2D eigenvalue weighted by atomic mass is 9.95. The molecule has 0 heterocycles. The topological polar surface area (TPSA) is 69.1 Å². The molecule has 4 N–H and O–H groups in total. The van der Waals surface area contributed by atoms with E-state index in [0.29, 0.717) is 5.92 Å². The van der Waals surface area contributed by atoms with E-state index in [1.165, 1.54) is 5.56 Å². The molecule has 1 aromatic carbocycles. The highest BCUT2D eigenvalue weighted by Crippen LogP contribution is 2.21. The zero-order valence-corrected chi connectivity index (χ0v) is 9.94. The summed E-state index contributed by atoms with van der Waals surface area (Å²) in [6.45, 7) is 4.36. The first-order valence-corrected chi connectivity index (χ1v) is 5.68. The minimum Gasteiger partial charge on any atom is -0.370 e. The van der Waals surface area contributed by atoms with E-state index in [9.17, 15) is 4.79 Å². The molecule has 16 heavy (non-hydrogen) atoms. The Balaban J connectivity index is 2.74. The summed E-state index contributed by atoms with van der Waals surface area (Å²) < 4.78 is 0. The molecule has 0 aliphatic rings. The summed E-state index contributed by atoms with van der Waals surface area (Å²) in [5, 5.41) is 0. The van der Waals surface area contributed by atoms with Gasteiger partial charge in [-0.15, -0.1) is 0 Å². The van der Waals surface area contributed by atoms with Crippen molar-refractivity contribution in [3.63, 3.8) is 0 Å². The molecule has 1 rings (SSSR count). The Morgan fingerprint density at radius 2 is 1.75 bits per heavy atom. The summed E-state index contributed by atoms with van der Waals surface area (Å²) in [5.41, 5.74) is 13.2. The zero-order chi connectivity index (χ0) is 12.1. The molecule has 0 saturated heterocycles. The molecule has 0 aromatic heterocycles. The fourth-order valence-corrected chi connectivity index (χ4v) is 1.64. The minimum absolute atomic E-state index is 0.197. The average molecular weight is 220 g/mol. The highest BCUT2D eigenvalue weighted by molar-refractivity contribution is 5.74. The van der Waals surface area contributed by atoms with Crippen LogP contribution in [0.5, 0.6) is 0 Å². The highest BCUT2D eigenvalue weighted by Gasteiger charge is 2.09. The molecule has 2 atom stereocenters. The maximum Gasteiger partial charge on any atom is 0.219 e. The van der Waals surface area contributed by atoms with Crippen molar-refractivity contribution in [3.8, 4) is 0 Å². The third kappa shape index (κ3) is 3.35. The lowest BCUT2D eigenvalue weighted by molar-refractivity contribution is -0.118. The number of carbonyl (C=O) groups is 1. The molecule has 1 amide bonds. The van der Waals surface area contributed by atoms with Crippen LogP contribution >= 0.6 is 0 Å². The van der Waals surface area contributed by atoms with E-state index >= 15 is 0 Å². The van der Waals surface area contributed by atoms with Crippen molar-refractivity contribution in [1.29, 1.82) is 0 Å². The third-order valence-electron chi connectivity index (χ3n) is 2.97. The van der Waals surface area contributed by atoms with Gasteiger partial charge in [0.05, 0.1) is 0 Å². The Morgan fingerprint density at radius 1 is 1.25 bits per heavy atom. The summed E-state index contributed by atoms with van der Waals surface area (Å²) >= 11 is 0. The first kappa shape index (κ1) is 12.7. The molecule has 0 saturated carbocycles. The van der Waals surface area contributed by atoms with Gasteiger partial charge in [0, 0.05) is 12.5 Å². The smallest absolute Gasteiger partial charge is 0.219 e. The number of primary amides is 1. The van der Waals surface area contributed by atoms with E-state index in [2.05, 4.69) is 26.0 Å². The fraction of sp³-hybridized carbons (Fsp3) is 0.462. The Bertz CT molecular complexity index is 345. The monoisotopic (exact) mass is 220 g/mol. The number of rotatable bonds is 5. The lowest BCUT2D eigenvalue weighted by Gasteiger charge is -2.13. The molecular weight excluding hydrogens is 200 g/mol. The van der Waals surface area contributed by atoms with Crippen molar-refractivity contribution in [2.24, 2.45) is 11.5 Å². The van der Waals surface area contributed by atoms with Crippen LogP contribution < -0.4 is 11.5 Å². The quantitative estimate of drug-likeness (QED) is 0.797. The van der Waals surface area contributed by atoms with E-state index in [0.717, 1.165) is 12.0 Å². The van der Waals surface area contributed by atoms with E-state index < -0.39 is 0 Å². The van der Waals surface area contributed by atoms with Crippen LogP contribution in [0.2, 0.25) is 0 Å². The van der Waals surface area contributed by atoms with Gasteiger partial charge < -0.3 is 11.5 Å². The van der Waals surface area contributed by atoms with Crippen molar-refractivity contribution in [2.75, 3.05) is 0 Å². The SMILES string of the molecule is CCC(C)c1ccc(C(N)CC(N)=O)cc1. The molecule has 0 bridgehead atoms. The van der Waals surface area contributed by atoms with E-state index in [1.807, 2.05) is 12.1 Å². The largest absolute Gasteiger partial charge is 0.370 e. The molecule has 0 spiro atoms. The van der Waals surface area contributed by atoms with Crippen LogP contribution in [0.3, 0.4) is 0 Å². The molecular formula is C13H20N2O. The number of benzene rings is 1. The molecule has 3 heteroatoms. The second-order valence-corrected chi connectivity index (χ2v) is 4.25. The van der Waals surface area contributed by atoms with Crippen LogP contribution in [0.15, 0.2) is 24.3 Å². The van der Waals surface area contributed by atoms with Crippen molar-refractivity contribution >= 4 is 5.91 Å². The van der Waals surface area contributed by atoms with Gasteiger partial charge in [0.2, 0.25) is 5.91 Å².